The van der Waals surface area contributed by atoms with Crippen molar-refractivity contribution >= 4 is 41.7 Å². The van der Waals surface area contributed by atoms with Gasteiger partial charge in [0, 0.05) is 39.4 Å². The van der Waals surface area contributed by atoms with Crippen molar-refractivity contribution in [3.05, 3.63) is 94.6 Å². The van der Waals surface area contributed by atoms with Crippen LogP contribution >= 0.6 is 0 Å². The highest BCUT2D eigenvalue weighted by atomic mass is 16.6. The Morgan fingerprint density at radius 2 is 1.54 bits per heavy atom. The summed E-state index contributed by atoms with van der Waals surface area (Å²) in [6.45, 7) is 24.2. The number of esters is 4. The molecule has 3 N–H and O–H groups in total. The van der Waals surface area contributed by atoms with E-state index in [0.29, 0.717) is 11.3 Å². The second-order valence-electron chi connectivity index (χ2n) is 32.3. The van der Waals surface area contributed by atoms with Crippen LogP contribution in [0.25, 0.3) is 0 Å². The van der Waals surface area contributed by atoms with Gasteiger partial charge in [0.25, 0.3) is 0 Å². The number of allylic oxidation sites excluding steroid dienone is 1. The van der Waals surface area contributed by atoms with Crippen molar-refractivity contribution in [1.82, 2.24) is 10.6 Å². The molecule has 98 heavy (non-hydrogen) atoms. The number of aliphatic hydroxyl groups is 1. The summed E-state index contributed by atoms with van der Waals surface area (Å²) in [6, 6.07) is 14.8. The van der Waals surface area contributed by atoms with Crippen molar-refractivity contribution in [3.8, 4) is 0 Å². The molecule has 19 atom stereocenters. The molecule has 8 aliphatic rings. The molecule has 540 valence electrons. The van der Waals surface area contributed by atoms with Gasteiger partial charge in [-0.25, -0.2) is 14.4 Å². The average Bonchev–Trinajstić information content (AvgIpc) is 0.703. The van der Waals surface area contributed by atoms with Crippen LogP contribution in [0.1, 0.15) is 195 Å². The van der Waals surface area contributed by atoms with Gasteiger partial charge in [-0.05, 0) is 161 Å². The fraction of sp³-hybridized carbons (Fsp3) is 0.705. The first-order chi connectivity index (χ1) is 46.3. The number of methoxy groups -OCH3 is 2. The molecule has 1 saturated heterocycles. The third kappa shape index (κ3) is 14.3. The molecule has 1 aliphatic heterocycles. The number of ketones is 1. The van der Waals surface area contributed by atoms with Gasteiger partial charge in [-0.3, -0.25) is 19.2 Å². The highest BCUT2D eigenvalue weighted by Gasteiger charge is 2.78. The van der Waals surface area contributed by atoms with Gasteiger partial charge < -0.3 is 63.1 Å². The molecule has 3 unspecified atom stereocenters. The minimum Gasteiger partial charge on any atom is -0.455 e. The number of hydrogen-bond donors (Lipinski definition) is 3. The van der Waals surface area contributed by atoms with E-state index >= 15 is 9.59 Å². The number of benzene rings is 2. The standard InChI is InChI=1S/C78H110N2O18/c1-45(2)23-22-24-46(3)54-31-32-55-53-30-29-51-39-52(33-35-74(51,11)56(53)34-36-75(54,55)12)92-38-37-91-43-60(82)79-42-61(83)95-65(63(49-25-18-16-19-26-49)80-71(87)98-72(6,7)8)70(86)94-57-41-78(88)68(96-69(85)50-27-20-17-21-28-50)66-76(13,67(84)64(90-15)62(47(57)4)73(78,9)10)58(89-14)40-59-77(66,44-93-59)97-48(5)81/h16-21,25-29,45-46,52-59,63-66,68,88H,22-24,30-44H2,1-15H3,(H,79,82)(H,80,87)/t46-,52+,53?,54-,55?,56?,57+,58+,59-,63+,64-,65-,66+,68+,74+,75-,76-,77+,78-/m1/s1. The maximum absolute atomic E-state index is 16.0. The van der Waals surface area contributed by atoms with E-state index in [1.807, 2.05) is 0 Å². The fourth-order valence-corrected chi connectivity index (χ4v) is 19.8. The van der Waals surface area contributed by atoms with Crippen LogP contribution in [0.4, 0.5) is 4.79 Å². The number of hydrogen-bond acceptors (Lipinski definition) is 18. The molecule has 6 fully saturated rings. The number of alkyl carbamates (subject to hydrolysis) is 1. The Balaban J connectivity index is 0.845. The Hall–Kier alpha value is -6.03. The smallest absolute Gasteiger partial charge is 0.408 e. The number of nitrogens with one attached hydrogen (secondary N) is 2. The molecule has 0 radical (unpaired) electrons. The molecule has 20 heteroatoms. The zero-order valence-corrected chi connectivity index (χ0v) is 60.6. The summed E-state index contributed by atoms with van der Waals surface area (Å²) in [4.78, 5) is 101. The molecular formula is C78H110N2O18. The van der Waals surface area contributed by atoms with Gasteiger partial charge in [0.05, 0.1) is 48.9 Å². The maximum Gasteiger partial charge on any atom is 0.408 e. The maximum atomic E-state index is 16.0. The van der Waals surface area contributed by atoms with E-state index in [-0.39, 0.29) is 60.0 Å². The molecule has 7 aliphatic carbocycles. The Morgan fingerprint density at radius 1 is 0.837 bits per heavy atom. The highest BCUT2D eigenvalue weighted by molar-refractivity contribution is 5.94. The lowest BCUT2D eigenvalue weighted by Crippen LogP contribution is -2.82. The van der Waals surface area contributed by atoms with Crippen molar-refractivity contribution < 1.29 is 86.0 Å². The number of ether oxygens (including phenoxy) is 10. The van der Waals surface area contributed by atoms with Gasteiger partial charge in [-0.15, -0.1) is 0 Å². The van der Waals surface area contributed by atoms with Crippen LogP contribution in [-0.2, 0) is 71.3 Å². The first-order valence-corrected chi connectivity index (χ1v) is 36.0. The third-order valence-corrected chi connectivity index (χ3v) is 24.8. The second kappa shape index (κ2) is 29.5. The van der Waals surface area contributed by atoms with Crippen LogP contribution < -0.4 is 10.6 Å². The largest absolute Gasteiger partial charge is 0.455 e. The van der Waals surface area contributed by atoms with Gasteiger partial charge in [-0.2, -0.15) is 0 Å². The van der Waals surface area contributed by atoms with Gasteiger partial charge in [0.15, 0.2) is 11.4 Å². The predicted octanol–water partition coefficient (Wildman–Crippen LogP) is 11.7. The summed E-state index contributed by atoms with van der Waals surface area (Å²) in [5.74, 6) is -1.97. The number of Topliss-reactive ketones (excluding diaryl/α,β-unsaturated/α-hetero) is 1. The van der Waals surface area contributed by atoms with Crippen molar-refractivity contribution in [1.29, 1.82) is 0 Å². The number of fused-ring (bicyclic) bond motifs is 10. The highest BCUT2D eigenvalue weighted by Crippen LogP contribution is 2.69. The van der Waals surface area contributed by atoms with Crippen molar-refractivity contribution in [2.75, 3.05) is 47.2 Å². The Kier molecular flexibility index (Phi) is 22.5. The lowest BCUT2D eigenvalue weighted by molar-refractivity contribution is -0.347. The van der Waals surface area contributed by atoms with Crippen LogP contribution in [0.15, 0.2) is 83.5 Å². The summed E-state index contributed by atoms with van der Waals surface area (Å²) in [5, 5.41) is 19.4. The monoisotopic (exact) mass is 1360 g/mol. The minimum absolute atomic E-state index is 0.0413. The lowest BCUT2D eigenvalue weighted by atomic mass is 9.44. The Morgan fingerprint density at radius 3 is 2.18 bits per heavy atom. The first kappa shape index (κ1) is 74.7. The van der Waals surface area contributed by atoms with Crippen molar-refractivity contribution in [2.45, 2.75) is 239 Å². The molecule has 2 amide bonds. The van der Waals surface area contributed by atoms with Crippen molar-refractivity contribution in [2.24, 2.45) is 63.1 Å². The fourth-order valence-electron chi connectivity index (χ4n) is 19.8. The van der Waals surface area contributed by atoms with Crippen LogP contribution in [0, 0.1) is 63.1 Å². The molecule has 0 spiro atoms. The summed E-state index contributed by atoms with van der Waals surface area (Å²) in [7, 11) is 2.76. The number of rotatable bonds is 24. The summed E-state index contributed by atoms with van der Waals surface area (Å²) in [5.41, 5.74) is -5.38. The van der Waals surface area contributed by atoms with Crippen molar-refractivity contribution in [3.63, 3.8) is 0 Å². The molecule has 1 heterocycles. The predicted molar refractivity (Wildman–Crippen MR) is 364 cm³/mol. The molecule has 5 saturated carbocycles. The molecule has 2 aromatic carbocycles. The van der Waals surface area contributed by atoms with E-state index in [2.05, 4.69) is 51.3 Å². The average molecular weight is 1360 g/mol. The van der Waals surface area contributed by atoms with Crippen LogP contribution in [0.5, 0.6) is 0 Å². The first-order valence-electron chi connectivity index (χ1n) is 36.0. The van der Waals surface area contributed by atoms with Gasteiger partial charge >= 0.3 is 30.0 Å². The molecule has 20 nitrogen and oxygen atoms in total. The summed E-state index contributed by atoms with van der Waals surface area (Å²) >= 11 is 0. The van der Waals surface area contributed by atoms with Gasteiger partial charge in [-0.1, -0.05) is 128 Å². The SMILES string of the molecule is CO[C@H]1C(=O)[C@]2(C)[C@@H](OC)C[C@H]3OC[C@@]3(OC(C)=O)[C@H]2[C@H](OC(=O)c2ccccc2)[C@]2(O)C[C@H](OC(=O)[C@H](OC(=O)CNC(=O)COCCO[C@H]3CC[C@@]4(C)C(=CCC5C4CC[C@@]4(C)C5CC[C@@H]4[C@H](C)CCCC(C)C)C3)[C@@H](NC(=O)OC(C)(C)C)c3ccccc3)C(C)=C1C2(C)C. The van der Waals surface area contributed by atoms with E-state index in [1.54, 1.807) is 97.0 Å². The molecular weight excluding hydrogens is 1250 g/mol. The Bertz CT molecular complexity index is 3310. The van der Waals surface area contributed by atoms with Gasteiger partial charge in [0.1, 0.15) is 54.8 Å². The molecule has 2 bridgehead atoms. The van der Waals surface area contributed by atoms with E-state index in [1.165, 1.54) is 83.8 Å². The second-order valence-corrected chi connectivity index (χ2v) is 32.3. The third-order valence-electron chi connectivity index (χ3n) is 24.8. The summed E-state index contributed by atoms with van der Waals surface area (Å²) < 4.78 is 61.9. The van der Waals surface area contributed by atoms with E-state index in [0.717, 1.165) is 55.3 Å². The van der Waals surface area contributed by atoms with Crippen LogP contribution in [0.3, 0.4) is 0 Å². The summed E-state index contributed by atoms with van der Waals surface area (Å²) in [6.07, 6.45) is 5.98. The lowest BCUT2D eigenvalue weighted by Gasteiger charge is -2.67. The topological polar surface area (TPSA) is 256 Å². The van der Waals surface area contributed by atoms with Crippen LogP contribution in [-0.4, -0.2) is 153 Å². The van der Waals surface area contributed by atoms with Gasteiger partial charge in [0.2, 0.25) is 12.0 Å². The minimum atomic E-state index is -2.35. The van der Waals surface area contributed by atoms with E-state index < -0.39 is 137 Å². The zero-order valence-electron chi connectivity index (χ0n) is 60.6. The quantitative estimate of drug-likeness (QED) is 0.0382. The zero-order chi connectivity index (χ0) is 71.1. The Labute approximate surface area is 579 Å². The number of carbonyl (C=O) groups is 7. The molecule has 2 aromatic rings. The number of amides is 2. The normalized spacial score (nSPS) is 34.7. The van der Waals surface area contributed by atoms with E-state index in [9.17, 15) is 29.1 Å². The molecule has 10 rings (SSSR count). The molecule has 0 aromatic heterocycles. The van der Waals surface area contributed by atoms with Crippen LogP contribution in [0.2, 0.25) is 0 Å². The number of carbonyl (C=O) groups excluding carboxylic acids is 7. The van der Waals surface area contributed by atoms with E-state index in [4.69, 9.17) is 47.4 Å².